The van der Waals surface area contributed by atoms with Crippen LogP contribution in [-0.4, -0.2) is 0 Å². The Morgan fingerprint density at radius 3 is 2.45 bits per heavy atom. The van der Waals surface area contributed by atoms with Crippen LogP contribution in [0.1, 0.15) is 22.7 Å². The lowest BCUT2D eigenvalue weighted by Gasteiger charge is -2.19. The van der Waals surface area contributed by atoms with Crippen LogP contribution in [-0.2, 0) is 0 Å². The maximum atomic E-state index is 13.6. The first-order valence-corrected chi connectivity index (χ1v) is 6.60. The van der Waals surface area contributed by atoms with E-state index in [-0.39, 0.29) is 4.47 Å². The first-order chi connectivity index (χ1) is 9.43. The van der Waals surface area contributed by atoms with Gasteiger partial charge >= 0.3 is 0 Å². The normalized spacial score (nSPS) is 12.5. The van der Waals surface area contributed by atoms with Gasteiger partial charge in [-0.1, -0.05) is 12.1 Å². The van der Waals surface area contributed by atoms with Crippen molar-refractivity contribution in [2.45, 2.75) is 13.0 Å². The zero-order valence-corrected chi connectivity index (χ0v) is 12.1. The van der Waals surface area contributed by atoms with Gasteiger partial charge in [0.25, 0.3) is 0 Å². The monoisotopic (exact) mass is 344 g/mol. The summed E-state index contributed by atoms with van der Waals surface area (Å²) in [5, 5.41) is 0. The van der Waals surface area contributed by atoms with E-state index in [4.69, 9.17) is 5.84 Å². The van der Waals surface area contributed by atoms with Crippen LogP contribution in [0.15, 0.2) is 34.8 Å². The highest BCUT2D eigenvalue weighted by molar-refractivity contribution is 9.10. The highest BCUT2D eigenvalue weighted by atomic mass is 79.9. The van der Waals surface area contributed by atoms with Gasteiger partial charge in [0.15, 0.2) is 11.6 Å². The third-order valence-electron chi connectivity index (χ3n) is 2.94. The molecule has 0 fully saturated rings. The van der Waals surface area contributed by atoms with E-state index in [2.05, 4.69) is 21.4 Å². The molecular weight excluding hydrogens is 333 g/mol. The molecule has 0 saturated heterocycles. The molecule has 2 aromatic rings. The van der Waals surface area contributed by atoms with Gasteiger partial charge in [0.1, 0.15) is 5.82 Å². The molecule has 0 aromatic heterocycles. The second-order valence-corrected chi connectivity index (χ2v) is 5.22. The molecule has 0 aliphatic carbocycles. The molecule has 1 atom stereocenters. The van der Waals surface area contributed by atoms with Crippen LogP contribution in [0.2, 0.25) is 0 Å². The summed E-state index contributed by atoms with van der Waals surface area (Å²) in [5.41, 5.74) is 4.11. The van der Waals surface area contributed by atoms with Crippen molar-refractivity contribution in [3.05, 3.63) is 68.9 Å². The topological polar surface area (TPSA) is 38.0 Å². The van der Waals surface area contributed by atoms with Gasteiger partial charge in [0, 0.05) is 0 Å². The van der Waals surface area contributed by atoms with Crippen LogP contribution in [0.4, 0.5) is 13.2 Å². The zero-order valence-electron chi connectivity index (χ0n) is 10.6. The fourth-order valence-electron chi connectivity index (χ4n) is 2.06. The lowest BCUT2D eigenvalue weighted by Crippen LogP contribution is -2.29. The molecule has 3 N–H and O–H groups in total. The number of rotatable bonds is 3. The van der Waals surface area contributed by atoms with Crippen molar-refractivity contribution in [2.75, 3.05) is 0 Å². The molecule has 0 spiro atoms. The quantitative estimate of drug-likeness (QED) is 0.505. The van der Waals surface area contributed by atoms with E-state index in [0.717, 1.165) is 6.07 Å². The molecule has 0 aliphatic heterocycles. The third-order valence-corrected chi connectivity index (χ3v) is 3.75. The smallest absolute Gasteiger partial charge is 0.173 e. The molecule has 0 bridgehead atoms. The molecule has 1 unspecified atom stereocenters. The Hall–Kier alpha value is -1.37. The standard InChI is InChI=1S/C14H12BrF3N2/c1-7-4-8(6-9(16)5-7)14(20-19)10-2-3-11(17)13(18)12(10)15/h2-6,14,20H,19H2,1H3. The minimum absolute atomic E-state index is 0.0395. The number of hydrogen-bond donors (Lipinski definition) is 2. The number of hydrogen-bond acceptors (Lipinski definition) is 2. The second kappa shape index (κ2) is 5.95. The summed E-state index contributed by atoms with van der Waals surface area (Å²) in [6.45, 7) is 1.74. The molecule has 0 heterocycles. The Morgan fingerprint density at radius 1 is 1.15 bits per heavy atom. The van der Waals surface area contributed by atoms with Gasteiger partial charge in [-0.3, -0.25) is 5.84 Å². The Bertz CT molecular complexity index is 626. The number of aryl methyl sites for hydroxylation is 1. The Balaban J connectivity index is 2.55. The molecule has 0 aliphatic rings. The van der Waals surface area contributed by atoms with E-state index in [0.29, 0.717) is 16.7 Å². The van der Waals surface area contributed by atoms with Gasteiger partial charge in [-0.15, -0.1) is 0 Å². The second-order valence-electron chi connectivity index (χ2n) is 4.43. The minimum Gasteiger partial charge on any atom is -0.271 e. The average molecular weight is 345 g/mol. The highest BCUT2D eigenvalue weighted by Gasteiger charge is 2.20. The molecule has 20 heavy (non-hydrogen) atoms. The molecule has 0 saturated carbocycles. The van der Waals surface area contributed by atoms with Crippen molar-refractivity contribution in [1.29, 1.82) is 0 Å². The maximum absolute atomic E-state index is 13.6. The van der Waals surface area contributed by atoms with Crippen molar-refractivity contribution in [3.8, 4) is 0 Å². The first kappa shape index (κ1) is 15.0. The van der Waals surface area contributed by atoms with Crippen molar-refractivity contribution < 1.29 is 13.2 Å². The van der Waals surface area contributed by atoms with Crippen molar-refractivity contribution >= 4 is 15.9 Å². The largest absolute Gasteiger partial charge is 0.271 e. The van der Waals surface area contributed by atoms with E-state index >= 15 is 0 Å². The van der Waals surface area contributed by atoms with Gasteiger partial charge in [-0.05, 0) is 57.7 Å². The molecule has 2 aromatic carbocycles. The summed E-state index contributed by atoms with van der Waals surface area (Å²) in [5.74, 6) is 3.10. The summed E-state index contributed by atoms with van der Waals surface area (Å²) < 4.78 is 40.2. The van der Waals surface area contributed by atoms with Crippen LogP contribution >= 0.6 is 15.9 Å². The maximum Gasteiger partial charge on any atom is 0.173 e. The van der Waals surface area contributed by atoms with Gasteiger partial charge in [0.05, 0.1) is 10.5 Å². The number of nitrogens with one attached hydrogen (secondary N) is 1. The van der Waals surface area contributed by atoms with E-state index < -0.39 is 23.5 Å². The molecule has 106 valence electrons. The third kappa shape index (κ3) is 2.87. The van der Waals surface area contributed by atoms with Crippen molar-refractivity contribution in [3.63, 3.8) is 0 Å². The molecular formula is C14H12BrF3N2. The zero-order chi connectivity index (χ0) is 14.9. The van der Waals surface area contributed by atoms with Crippen molar-refractivity contribution in [1.82, 2.24) is 5.43 Å². The van der Waals surface area contributed by atoms with Crippen LogP contribution in [0, 0.1) is 24.4 Å². The predicted molar refractivity (Wildman–Crippen MR) is 74.4 cm³/mol. The van der Waals surface area contributed by atoms with Gasteiger partial charge in [-0.25, -0.2) is 18.6 Å². The highest BCUT2D eigenvalue weighted by Crippen LogP contribution is 2.31. The van der Waals surface area contributed by atoms with Crippen molar-refractivity contribution in [2.24, 2.45) is 5.84 Å². The van der Waals surface area contributed by atoms with E-state index in [9.17, 15) is 13.2 Å². The van der Waals surface area contributed by atoms with Crippen LogP contribution in [0.25, 0.3) is 0 Å². The summed E-state index contributed by atoms with van der Waals surface area (Å²) in [7, 11) is 0. The van der Waals surface area contributed by atoms with Crippen LogP contribution < -0.4 is 11.3 Å². The lowest BCUT2D eigenvalue weighted by molar-refractivity contribution is 0.498. The fourth-order valence-corrected chi connectivity index (χ4v) is 2.61. The van der Waals surface area contributed by atoms with E-state index in [1.165, 1.54) is 18.2 Å². The summed E-state index contributed by atoms with van der Waals surface area (Å²) in [6.07, 6.45) is 0. The first-order valence-electron chi connectivity index (χ1n) is 5.80. The summed E-state index contributed by atoms with van der Waals surface area (Å²) >= 11 is 3.00. The van der Waals surface area contributed by atoms with Gasteiger partial charge in [-0.2, -0.15) is 0 Å². The van der Waals surface area contributed by atoms with Gasteiger partial charge in [0.2, 0.25) is 0 Å². The molecule has 0 amide bonds. The summed E-state index contributed by atoms with van der Waals surface area (Å²) in [6, 6.07) is 6.14. The average Bonchev–Trinajstić information content (AvgIpc) is 2.38. The Labute approximate surface area is 122 Å². The van der Waals surface area contributed by atoms with Crippen LogP contribution in [0.5, 0.6) is 0 Å². The molecule has 2 rings (SSSR count). The van der Waals surface area contributed by atoms with Crippen LogP contribution in [0.3, 0.4) is 0 Å². The van der Waals surface area contributed by atoms with E-state index in [1.807, 2.05) is 0 Å². The SMILES string of the molecule is Cc1cc(F)cc(C(NN)c2ccc(F)c(F)c2Br)c1. The lowest BCUT2D eigenvalue weighted by atomic mass is 9.97. The number of hydrazine groups is 1. The fraction of sp³-hybridized carbons (Fsp3) is 0.143. The van der Waals surface area contributed by atoms with E-state index in [1.54, 1.807) is 13.0 Å². The number of benzene rings is 2. The summed E-state index contributed by atoms with van der Waals surface area (Å²) in [4.78, 5) is 0. The molecule has 6 heteroatoms. The Morgan fingerprint density at radius 2 is 1.85 bits per heavy atom. The Kier molecular flexibility index (Phi) is 4.47. The number of halogens is 4. The molecule has 0 radical (unpaired) electrons. The predicted octanol–water partition coefficient (Wildman–Crippen LogP) is 3.73. The number of nitrogens with two attached hydrogens (primary N) is 1. The van der Waals surface area contributed by atoms with Gasteiger partial charge < -0.3 is 0 Å². The minimum atomic E-state index is -1.00. The molecule has 2 nitrogen and oxygen atoms in total.